The lowest BCUT2D eigenvalue weighted by Gasteiger charge is -2.22. The van der Waals surface area contributed by atoms with Crippen LogP contribution in [0.25, 0.3) is 54.5 Å². The second-order valence-corrected chi connectivity index (χ2v) is 47.3. The molecule has 0 radical (unpaired) electrons. The first-order chi connectivity index (χ1) is 62.4. The van der Waals surface area contributed by atoms with E-state index in [1.165, 1.54) is 136 Å². The average molecular weight is 1800 g/mol. The Morgan fingerprint density at radius 3 is 1.28 bits per heavy atom. The van der Waals surface area contributed by atoms with E-state index >= 15 is 0 Å². The van der Waals surface area contributed by atoms with Crippen molar-refractivity contribution in [3.8, 4) is 0 Å². The van der Waals surface area contributed by atoms with Crippen LogP contribution < -0.4 is 20.9 Å². The van der Waals surface area contributed by atoms with Crippen molar-refractivity contribution < 1.29 is 19.2 Å². The van der Waals surface area contributed by atoms with Crippen LogP contribution >= 0.6 is 0 Å². The maximum absolute atomic E-state index is 12.5. The summed E-state index contributed by atoms with van der Waals surface area (Å²) in [5, 5.41) is 15.9. The fourth-order valence-electron chi connectivity index (χ4n) is 17.9. The second kappa shape index (κ2) is 39.1. The predicted octanol–water partition coefficient (Wildman–Crippen LogP) is 28.3. The Balaban J connectivity index is 0.000000139. The molecule has 2 amide bonds. The number of aromatic amines is 1. The maximum Gasteiger partial charge on any atom is 0.250 e. The largest absolute Gasteiger partial charge is 0.384 e. The van der Waals surface area contributed by atoms with Crippen molar-refractivity contribution in [1.82, 2.24) is 33.5 Å². The molecule has 14 aromatic rings. The molecule has 710 valence electrons. The van der Waals surface area contributed by atoms with Gasteiger partial charge < -0.3 is 39.9 Å². The van der Waals surface area contributed by atoms with Gasteiger partial charge in [-0.15, -0.1) is 0 Å². The van der Waals surface area contributed by atoms with Crippen molar-refractivity contribution in [3.63, 3.8) is 0 Å². The third kappa shape index (κ3) is 24.2. The van der Waals surface area contributed by atoms with Gasteiger partial charge in [-0.05, 0) is 238 Å². The van der Waals surface area contributed by atoms with Gasteiger partial charge >= 0.3 is 0 Å². The van der Waals surface area contributed by atoms with Crippen molar-refractivity contribution in [1.29, 1.82) is 0 Å². The van der Waals surface area contributed by atoms with Crippen LogP contribution in [0.1, 0.15) is 296 Å². The summed E-state index contributed by atoms with van der Waals surface area (Å²) >= 11 is 0. The Morgan fingerprint density at radius 2 is 0.791 bits per heavy atom. The molecule has 4 N–H and O–H groups in total. The van der Waals surface area contributed by atoms with E-state index in [1.54, 1.807) is 48.8 Å². The Bertz CT molecular complexity index is 6450. The Hall–Kier alpha value is -11.5. The van der Waals surface area contributed by atoms with Gasteiger partial charge in [0.2, 0.25) is 17.7 Å². The van der Waals surface area contributed by atoms with Crippen molar-refractivity contribution in [2.24, 2.45) is 7.05 Å². The van der Waals surface area contributed by atoms with Gasteiger partial charge in [0.15, 0.2) is 0 Å². The van der Waals surface area contributed by atoms with Crippen LogP contribution in [-0.2, 0) is 82.7 Å². The molecule has 134 heavy (non-hydrogen) atoms. The number of benzene rings is 9. The molecule has 2 fully saturated rings. The monoisotopic (exact) mass is 1800 g/mol. The van der Waals surface area contributed by atoms with E-state index in [-0.39, 0.29) is 85.5 Å². The molecule has 19 rings (SSSR count). The van der Waals surface area contributed by atoms with Gasteiger partial charge in [0, 0.05) is 146 Å². The van der Waals surface area contributed by atoms with Crippen molar-refractivity contribution >= 4 is 95.2 Å². The van der Waals surface area contributed by atoms with Crippen LogP contribution in [0, 0.1) is 0 Å². The summed E-state index contributed by atoms with van der Waals surface area (Å²) in [6, 6.07) is 74.2. The number of amides is 2. The first-order valence-corrected chi connectivity index (χ1v) is 48.5. The topological polar surface area (TPSA) is 146 Å². The summed E-state index contributed by atoms with van der Waals surface area (Å²) in [6.07, 6.45) is 15.1. The van der Waals surface area contributed by atoms with Crippen LogP contribution in [0.5, 0.6) is 0 Å². The zero-order valence-corrected chi connectivity index (χ0v) is 86.9. The Kier molecular flexibility index (Phi) is 29.6. The fourth-order valence-corrected chi connectivity index (χ4v) is 17.9. The number of fused-ring (bicyclic) bond motifs is 10. The highest BCUT2D eigenvalue weighted by molar-refractivity contribution is 5.97. The molecule has 9 aromatic carbocycles. The second-order valence-electron chi connectivity index (χ2n) is 47.3. The molecule has 0 saturated heterocycles. The standard InChI is InChI=1S/C19H21N.C18H25N3O2.C16H21NO.C14H17NO.C14H19N.C14H21N.C13H17N.C12H15N/c1-19(2,3)17-10-9-16-11-12-20(18(16)13-17)14-15-7-5-4-6-8-15;1-18(2,3)14-7-6-13-8-9-21(15(13)10-14)17(23)12-20(5)16(22)11-19-4;1-11(18)17-10-16(7-8-16)13-6-5-12(9-14(13)17)15(2,3)4;1-10(16)15-8-7-11-5-6-12(9-13(11)15)14(2,3)4;1-13(2,3)10-4-5-11-12(8-10)15-9-14(11)6-7-14;1-13(2,3)10-6-7-11-12(8-10)15-9-14(11,4)5;1-13(2,3)11-6-5-10-7-8-14(4)12(10)9-11;1-12(2,3)10-5-4-9-6-7-13-11(9)8-10/h4-13H,14H2,1-3H3;6-10,19H,11-12H2,1-5H3;5-6,9H,7-8,10H2,1-4H3;5-9H,1-4H3;4-5,8,15H,6-7,9H2,1-3H3;6-8,15H,9H2,1-5H3;5-9H,1-4H3;4-8,13H,1-3H3. The van der Waals surface area contributed by atoms with Crippen molar-refractivity contribution in [3.05, 3.63) is 304 Å². The van der Waals surface area contributed by atoms with E-state index in [9.17, 15) is 19.2 Å². The van der Waals surface area contributed by atoms with Crippen LogP contribution in [0.2, 0.25) is 0 Å². The summed E-state index contributed by atoms with van der Waals surface area (Å²) in [6.45, 7) is 65.6. The van der Waals surface area contributed by atoms with E-state index in [1.807, 2.05) is 35.5 Å². The lowest BCUT2D eigenvalue weighted by atomic mass is 9.82. The Morgan fingerprint density at radius 1 is 0.396 bits per heavy atom. The number of nitrogens with one attached hydrogen (secondary N) is 4. The molecule has 3 aliphatic heterocycles. The van der Waals surface area contributed by atoms with Gasteiger partial charge in [0.25, 0.3) is 5.91 Å². The van der Waals surface area contributed by atoms with Crippen LogP contribution in [0.4, 0.5) is 17.1 Å². The normalized spacial score (nSPS) is 14.8. The molecule has 14 nitrogen and oxygen atoms in total. The minimum Gasteiger partial charge on any atom is -0.384 e. The van der Waals surface area contributed by atoms with E-state index in [0.717, 1.165) is 53.7 Å². The molecule has 2 saturated carbocycles. The summed E-state index contributed by atoms with van der Waals surface area (Å²) in [7, 11) is 5.44. The van der Waals surface area contributed by atoms with Gasteiger partial charge in [-0.1, -0.05) is 307 Å². The number of nitrogens with zero attached hydrogens (tertiary/aromatic N) is 6. The molecule has 0 bridgehead atoms. The number of carbonyl (C=O) groups is 4. The summed E-state index contributed by atoms with van der Waals surface area (Å²) in [5.74, 6) is 0.0119. The molecule has 0 atom stereocenters. The quantitative estimate of drug-likeness (QED) is 0.130. The summed E-state index contributed by atoms with van der Waals surface area (Å²) < 4.78 is 7.84. The maximum atomic E-state index is 12.5. The first kappa shape index (κ1) is 101. The Labute approximate surface area is 801 Å². The number of anilines is 3. The number of hydrogen-bond acceptors (Lipinski definition) is 7. The number of hydrogen-bond donors (Lipinski definition) is 4. The number of likely N-dealkylation sites (N-methyl/N-ethyl adjacent to an activating group) is 2. The zero-order valence-electron chi connectivity index (χ0n) is 86.9. The highest BCUT2D eigenvalue weighted by Crippen LogP contribution is 2.58. The number of H-pyrrole nitrogens is 1. The van der Waals surface area contributed by atoms with Gasteiger partial charge in [-0.25, -0.2) is 0 Å². The molecule has 2 spiro atoms. The minimum absolute atomic E-state index is 0.0197. The lowest BCUT2D eigenvalue weighted by molar-refractivity contribution is -0.128. The summed E-state index contributed by atoms with van der Waals surface area (Å²) in [5.41, 5.74) is 28.7. The number of carbonyl (C=O) groups excluding carboxylic acids is 4. The van der Waals surface area contributed by atoms with E-state index in [4.69, 9.17) is 0 Å². The van der Waals surface area contributed by atoms with E-state index < -0.39 is 0 Å². The van der Waals surface area contributed by atoms with Crippen LogP contribution in [-0.4, -0.2) is 98.6 Å². The van der Waals surface area contributed by atoms with Crippen molar-refractivity contribution in [2.45, 2.75) is 286 Å². The number of rotatable bonds is 6. The molecular formula is C120H156N10O4. The van der Waals surface area contributed by atoms with Gasteiger partial charge in [-0.3, -0.25) is 28.3 Å². The smallest absolute Gasteiger partial charge is 0.250 e. The zero-order chi connectivity index (χ0) is 98.2. The van der Waals surface area contributed by atoms with E-state index in [2.05, 4.69) is 418 Å². The molecular weight excluding hydrogens is 1650 g/mol. The highest BCUT2D eigenvalue weighted by Gasteiger charge is 2.53. The first-order valence-electron chi connectivity index (χ1n) is 48.5. The number of aryl methyl sites for hydroxylation is 1. The third-order valence-corrected chi connectivity index (χ3v) is 27.5. The lowest BCUT2D eigenvalue weighted by Crippen LogP contribution is -2.38. The number of aromatic nitrogens is 5. The van der Waals surface area contributed by atoms with Gasteiger partial charge in [0.1, 0.15) is 6.54 Å². The van der Waals surface area contributed by atoms with Crippen molar-refractivity contribution in [2.75, 3.05) is 62.4 Å². The SMILES string of the molecule is CC(=O)N1CC2(CC2)c2ccc(C(C)(C)C)cc21.CC(=O)n1ccc2ccc(C(C)(C)C)cc21.CC(C)(C)c1ccc2c(c1)NCC2(C)C.CC(C)(C)c1ccc2c(c1)NCC21CC1.CC(C)(C)c1ccc2cc[nH]c2c1.CC(C)(C)c1ccc2ccn(Cc3ccccc3)c2c1.CNCC(=O)N(C)CC(=O)n1ccc2ccc(C(C)(C)C)cc21.Cn1ccc2ccc(C(C)(C)C)cc21. The van der Waals surface area contributed by atoms with E-state index in [0.29, 0.717) is 10.8 Å². The highest BCUT2D eigenvalue weighted by atomic mass is 16.2. The van der Waals surface area contributed by atoms with Gasteiger partial charge in [0.05, 0.1) is 17.6 Å². The summed E-state index contributed by atoms with van der Waals surface area (Å²) in [4.78, 5) is 54.2. The molecule has 0 unspecified atom stereocenters. The minimum atomic E-state index is -0.113. The predicted molar refractivity (Wildman–Crippen MR) is 570 cm³/mol. The van der Waals surface area contributed by atoms with Crippen LogP contribution in [0.15, 0.2) is 237 Å². The third-order valence-electron chi connectivity index (χ3n) is 27.5. The van der Waals surface area contributed by atoms with Crippen LogP contribution in [0.3, 0.4) is 0 Å². The average Bonchev–Trinajstić information content (AvgIpc) is 1.56. The molecule has 8 heterocycles. The molecule has 14 heteroatoms. The molecule has 2 aliphatic carbocycles. The molecule has 5 aliphatic rings. The fraction of sp³-hybridized carbons (Fsp3) is 0.433. The molecule has 5 aromatic heterocycles. The van der Waals surface area contributed by atoms with Gasteiger partial charge in [-0.2, -0.15) is 0 Å².